The lowest BCUT2D eigenvalue weighted by molar-refractivity contribution is -0.137. The van der Waals surface area contributed by atoms with Gasteiger partial charge in [0.15, 0.2) is 0 Å². The molecule has 0 spiro atoms. The second-order valence-corrected chi connectivity index (χ2v) is 7.25. The zero-order chi connectivity index (χ0) is 18.9. The van der Waals surface area contributed by atoms with Crippen molar-refractivity contribution in [2.75, 3.05) is 6.54 Å². The summed E-state index contributed by atoms with van der Waals surface area (Å²) < 4.78 is 39.7. The van der Waals surface area contributed by atoms with E-state index in [0.29, 0.717) is 25.8 Å². The Morgan fingerprint density at radius 2 is 1.80 bits per heavy atom. The van der Waals surface area contributed by atoms with Crippen LogP contribution >= 0.6 is 0 Å². The van der Waals surface area contributed by atoms with Gasteiger partial charge in [0, 0.05) is 13.0 Å². The first-order valence-corrected chi connectivity index (χ1v) is 9.52. The Morgan fingerprint density at radius 3 is 2.36 bits per heavy atom. The van der Waals surface area contributed by atoms with Crippen molar-refractivity contribution >= 4 is 21.9 Å². The maximum Gasteiger partial charge on any atom is 0.303 e. The molecular formula is C16H23FN2O5S. The Bertz CT molecular complexity index is 676. The number of carbonyl (C=O) groups is 2. The predicted molar refractivity (Wildman–Crippen MR) is 89.9 cm³/mol. The van der Waals surface area contributed by atoms with E-state index in [1.165, 1.54) is 0 Å². The SMILES string of the molecule is CCC(NS(=O)(=O)c1ccc(F)cc1)C(=O)NCCCCCC(=O)O. The molecule has 1 unspecified atom stereocenters. The van der Waals surface area contributed by atoms with Crippen LogP contribution in [0.3, 0.4) is 0 Å². The summed E-state index contributed by atoms with van der Waals surface area (Å²) >= 11 is 0. The minimum atomic E-state index is -3.92. The highest BCUT2D eigenvalue weighted by atomic mass is 32.2. The molecule has 0 fully saturated rings. The topological polar surface area (TPSA) is 113 Å². The highest BCUT2D eigenvalue weighted by Gasteiger charge is 2.24. The molecule has 1 rings (SSSR count). The van der Waals surface area contributed by atoms with E-state index in [1.807, 2.05) is 0 Å². The third kappa shape index (κ3) is 7.61. The van der Waals surface area contributed by atoms with Crippen LogP contribution in [0.5, 0.6) is 0 Å². The molecular weight excluding hydrogens is 351 g/mol. The van der Waals surface area contributed by atoms with Crippen molar-refractivity contribution in [2.45, 2.75) is 50.0 Å². The quantitative estimate of drug-likeness (QED) is 0.510. The number of benzene rings is 1. The predicted octanol–water partition coefficient (Wildman–Crippen LogP) is 1.64. The molecule has 7 nitrogen and oxygen atoms in total. The van der Waals surface area contributed by atoms with E-state index in [1.54, 1.807) is 6.92 Å². The maximum atomic E-state index is 12.9. The van der Waals surface area contributed by atoms with Gasteiger partial charge in [-0.2, -0.15) is 4.72 Å². The Kier molecular flexibility index (Phi) is 8.50. The largest absolute Gasteiger partial charge is 0.481 e. The summed E-state index contributed by atoms with van der Waals surface area (Å²) in [5, 5.41) is 11.2. The first-order valence-electron chi connectivity index (χ1n) is 8.03. The number of unbranched alkanes of at least 4 members (excludes halogenated alkanes) is 2. The Balaban J connectivity index is 2.50. The lowest BCUT2D eigenvalue weighted by Crippen LogP contribution is -2.46. The van der Waals surface area contributed by atoms with E-state index < -0.39 is 33.8 Å². The summed E-state index contributed by atoms with van der Waals surface area (Å²) in [5.74, 6) is -1.86. The molecule has 0 saturated carbocycles. The van der Waals surface area contributed by atoms with Gasteiger partial charge in [0.25, 0.3) is 0 Å². The lowest BCUT2D eigenvalue weighted by atomic mass is 10.2. The second kappa shape index (κ2) is 10.1. The molecule has 0 aliphatic heterocycles. The van der Waals surface area contributed by atoms with E-state index >= 15 is 0 Å². The van der Waals surface area contributed by atoms with E-state index in [-0.39, 0.29) is 17.7 Å². The standard InChI is InChI=1S/C16H23FN2O5S/c1-2-14(16(22)18-11-5-3-4-6-15(20)21)19-25(23,24)13-9-7-12(17)8-10-13/h7-10,14,19H,2-6,11H2,1H3,(H,18,22)(H,20,21). The van der Waals surface area contributed by atoms with Crippen molar-refractivity contribution in [1.82, 2.24) is 10.0 Å². The first kappa shape index (κ1) is 21.0. The number of rotatable bonds is 11. The molecule has 25 heavy (non-hydrogen) atoms. The third-order valence-electron chi connectivity index (χ3n) is 3.51. The third-order valence-corrected chi connectivity index (χ3v) is 5.00. The molecule has 0 aliphatic rings. The minimum Gasteiger partial charge on any atom is -0.481 e. The van der Waals surface area contributed by atoms with Gasteiger partial charge in [-0.25, -0.2) is 12.8 Å². The normalized spacial score (nSPS) is 12.6. The highest BCUT2D eigenvalue weighted by molar-refractivity contribution is 7.89. The highest BCUT2D eigenvalue weighted by Crippen LogP contribution is 2.11. The summed E-state index contributed by atoms with van der Waals surface area (Å²) in [4.78, 5) is 22.4. The van der Waals surface area contributed by atoms with Gasteiger partial charge in [-0.05, 0) is 43.5 Å². The summed E-state index contributed by atoms with van der Waals surface area (Å²) in [6.07, 6.45) is 2.14. The Labute approximate surface area is 146 Å². The van der Waals surface area contributed by atoms with Crippen LogP contribution in [0.4, 0.5) is 4.39 Å². The molecule has 1 atom stereocenters. The van der Waals surface area contributed by atoms with Gasteiger partial charge in [-0.3, -0.25) is 9.59 Å². The van der Waals surface area contributed by atoms with Crippen LogP contribution in [0.15, 0.2) is 29.2 Å². The lowest BCUT2D eigenvalue weighted by Gasteiger charge is -2.17. The van der Waals surface area contributed by atoms with Gasteiger partial charge in [0.1, 0.15) is 11.9 Å². The number of amides is 1. The number of carboxylic acid groups (broad SMARTS) is 1. The smallest absolute Gasteiger partial charge is 0.303 e. The summed E-state index contributed by atoms with van der Waals surface area (Å²) in [6, 6.07) is 3.39. The number of hydrogen-bond donors (Lipinski definition) is 3. The van der Waals surface area contributed by atoms with Crippen molar-refractivity contribution in [3.05, 3.63) is 30.1 Å². The van der Waals surface area contributed by atoms with Crippen molar-refractivity contribution in [2.24, 2.45) is 0 Å². The fourth-order valence-electron chi connectivity index (χ4n) is 2.10. The van der Waals surface area contributed by atoms with Crippen LogP contribution in [-0.4, -0.2) is 38.0 Å². The van der Waals surface area contributed by atoms with Crippen molar-refractivity contribution in [3.8, 4) is 0 Å². The molecule has 1 amide bonds. The van der Waals surface area contributed by atoms with Gasteiger partial charge in [-0.15, -0.1) is 0 Å². The van der Waals surface area contributed by atoms with Gasteiger partial charge in [0.05, 0.1) is 4.90 Å². The molecule has 0 aromatic heterocycles. The number of sulfonamides is 1. The van der Waals surface area contributed by atoms with Crippen LogP contribution < -0.4 is 10.0 Å². The van der Waals surface area contributed by atoms with Crippen LogP contribution in [0.1, 0.15) is 39.0 Å². The minimum absolute atomic E-state index is 0.0863. The number of nitrogens with one attached hydrogen (secondary N) is 2. The molecule has 0 aliphatic carbocycles. The molecule has 0 heterocycles. The summed E-state index contributed by atoms with van der Waals surface area (Å²) in [6.45, 7) is 2.01. The van der Waals surface area contributed by atoms with Gasteiger partial charge < -0.3 is 10.4 Å². The second-order valence-electron chi connectivity index (χ2n) is 5.53. The fourth-order valence-corrected chi connectivity index (χ4v) is 3.38. The van der Waals surface area contributed by atoms with Crippen LogP contribution in [0.25, 0.3) is 0 Å². The Hall–Kier alpha value is -2.00. The van der Waals surface area contributed by atoms with Crippen molar-refractivity contribution < 1.29 is 27.5 Å². The van der Waals surface area contributed by atoms with Gasteiger partial charge in [0.2, 0.25) is 15.9 Å². The van der Waals surface area contributed by atoms with Crippen molar-refractivity contribution in [1.29, 1.82) is 0 Å². The van der Waals surface area contributed by atoms with E-state index in [0.717, 1.165) is 24.3 Å². The van der Waals surface area contributed by atoms with Gasteiger partial charge >= 0.3 is 5.97 Å². The van der Waals surface area contributed by atoms with E-state index in [4.69, 9.17) is 5.11 Å². The molecule has 0 bridgehead atoms. The van der Waals surface area contributed by atoms with E-state index in [2.05, 4.69) is 10.0 Å². The van der Waals surface area contributed by atoms with Crippen LogP contribution in [0, 0.1) is 5.82 Å². The summed E-state index contributed by atoms with van der Waals surface area (Å²) in [5.41, 5.74) is 0. The fraction of sp³-hybridized carbons (Fsp3) is 0.500. The number of hydrogen-bond acceptors (Lipinski definition) is 4. The number of aliphatic carboxylic acids is 1. The average Bonchev–Trinajstić information content (AvgIpc) is 2.55. The monoisotopic (exact) mass is 374 g/mol. The van der Waals surface area contributed by atoms with E-state index in [9.17, 15) is 22.4 Å². The summed E-state index contributed by atoms with van der Waals surface area (Å²) in [7, 11) is -3.92. The number of carboxylic acids is 1. The molecule has 140 valence electrons. The molecule has 3 N–H and O–H groups in total. The zero-order valence-corrected chi connectivity index (χ0v) is 14.8. The first-order chi connectivity index (χ1) is 11.8. The van der Waals surface area contributed by atoms with Gasteiger partial charge in [-0.1, -0.05) is 13.3 Å². The Morgan fingerprint density at radius 1 is 1.16 bits per heavy atom. The van der Waals surface area contributed by atoms with Crippen LogP contribution in [0.2, 0.25) is 0 Å². The molecule has 0 radical (unpaired) electrons. The van der Waals surface area contributed by atoms with Crippen molar-refractivity contribution in [3.63, 3.8) is 0 Å². The average molecular weight is 374 g/mol. The molecule has 9 heteroatoms. The zero-order valence-electron chi connectivity index (χ0n) is 14.0. The molecule has 1 aromatic carbocycles. The molecule has 1 aromatic rings. The maximum absolute atomic E-state index is 12.9. The molecule has 0 saturated heterocycles. The number of halogens is 1. The number of carbonyl (C=O) groups excluding carboxylic acids is 1. The van der Waals surface area contributed by atoms with Crippen LogP contribution in [-0.2, 0) is 19.6 Å².